The minimum atomic E-state index is -0.227. The summed E-state index contributed by atoms with van der Waals surface area (Å²) in [7, 11) is 0. The fourth-order valence-electron chi connectivity index (χ4n) is 2.55. The van der Waals surface area contributed by atoms with Crippen LogP contribution < -0.4 is 5.73 Å². The van der Waals surface area contributed by atoms with Crippen molar-refractivity contribution in [2.24, 2.45) is 5.73 Å². The van der Waals surface area contributed by atoms with Gasteiger partial charge in [0.25, 0.3) is 0 Å². The lowest BCUT2D eigenvalue weighted by Gasteiger charge is -2.32. The smallest absolute Gasteiger partial charge is 0.123 e. The lowest BCUT2D eigenvalue weighted by molar-refractivity contribution is 0.390. The third kappa shape index (κ3) is 1.57. The number of hydrogen-bond donors (Lipinski definition) is 1. The standard InChI is InChI=1S/C13H18FN/c1-9-8-10(14)4-5-11(9)13(6-7-13)12(2,3)15/h4-5,8H,6-7,15H2,1-3H3. The fourth-order valence-corrected chi connectivity index (χ4v) is 2.55. The minimum absolute atomic E-state index is 0.0742. The Labute approximate surface area is 90.5 Å². The van der Waals surface area contributed by atoms with E-state index >= 15 is 0 Å². The van der Waals surface area contributed by atoms with Gasteiger partial charge in [-0.2, -0.15) is 0 Å². The van der Waals surface area contributed by atoms with Crippen molar-refractivity contribution in [2.45, 2.75) is 44.6 Å². The third-order valence-electron chi connectivity index (χ3n) is 3.69. The minimum Gasteiger partial charge on any atom is -0.325 e. The number of nitrogens with two attached hydrogens (primary N) is 1. The van der Waals surface area contributed by atoms with E-state index in [1.165, 1.54) is 11.6 Å². The van der Waals surface area contributed by atoms with Crippen LogP contribution in [0.15, 0.2) is 18.2 Å². The van der Waals surface area contributed by atoms with Crippen molar-refractivity contribution >= 4 is 0 Å². The van der Waals surface area contributed by atoms with E-state index in [2.05, 4.69) is 13.8 Å². The van der Waals surface area contributed by atoms with E-state index < -0.39 is 0 Å². The molecule has 1 aliphatic carbocycles. The van der Waals surface area contributed by atoms with Crippen LogP contribution in [-0.2, 0) is 5.41 Å². The van der Waals surface area contributed by atoms with E-state index in [0.29, 0.717) is 0 Å². The van der Waals surface area contributed by atoms with Gasteiger partial charge in [-0.25, -0.2) is 4.39 Å². The van der Waals surface area contributed by atoms with Crippen LogP contribution in [0.4, 0.5) is 4.39 Å². The highest BCUT2D eigenvalue weighted by molar-refractivity contribution is 5.41. The quantitative estimate of drug-likeness (QED) is 0.792. The van der Waals surface area contributed by atoms with Gasteiger partial charge in [-0.1, -0.05) is 6.07 Å². The van der Waals surface area contributed by atoms with Crippen LogP contribution in [0.5, 0.6) is 0 Å². The SMILES string of the molecule is Cc1cc(F)ccc1C1(C(C)(C)N)CC1. The highest BCUT2D eigenvalue weighted by atomic mass is 19.1. The Morgan fingerprint density at radius 1 is 1.33 bits per heavy atom. The molecule has 0 bridgehead atoms. The summed E-state index contributed by atoms with van der Waals surface area (Å²) in [5, 5.41) is 0. The maximum atomic E-state index is 13.0. The lowest BCUT2D eigenvalue weighted by Crippen LogP contribution is -2.45. The van der Waals surface area contributed by atoms with E-state index in [1.54, 1.807) is 6.07 Å². The molecule has 1 aliphatic rings. The molecule has 1 fully saturated rings. The molecular formula is C13H18FN. The Hall–Kier alpha value is -0.890. The van der Waals surface area contributed by atoms with Crippen LogP contribution in [0.3, 0.4) is 0 Å². The second-order valence-electron chi connectivity index (χ2n) is 5.26. The summed E-state index contributed by atoms with van der Waals surface area (Å²) in [5.41, 5.74) is 8.31. The molecule has 0 saturated heterocycles. The molecule has 15 heavy (non-hydrogen) atoms. The predicted octanol–water partition coefficient (Wildman–Crippen LogP) is 2.90. The maximum absolute atomic E-state index is 13.0. The normalized spacial score (nSPS) is 19.0. The van der Waals surface area contributed by atoms with Crippen molar-refractivity contribution in [3.63, 3.8) is 0 Å². The molecule has 1 aromatic rings. The Bertz CT molecular complexity index is 386. The first-order chi connectivity index (χ1) is 6.87. The van der Waals surface area contributed by atoms with Crippen molar-refractivity contribution in [3.05, 3.63) is 35.1 Å². The highest BCUT2D eigenvalue weighted by Crippen LogP contribution is 2.55. The molecule has 0 radical (unpaired) electrons. The Morgan fingerprint density at radius 2 is 1.93 bits per heavy atom. The molecule has 0 heterocycles. The summed E-state index contributed by atoms with van der Waals surface area (Å²) in [5.74, 6) is -0.165. The molecule has 1 aromatic carbocycles. The van der Waals surface area contributed by atoms with E-state index in [9.17, 15) is 4.39 Å². The molecule has 1 saturated carbocycles. The van der Waals surface area contributed by atoms with Crippen LogP contribution in [-0.4, -0.2) is 5.54 Å². The van der Waals surface area contributed by atoms with Crippen molar-refractivity contribution in [1.82, 2.24) is 0 Å². The number of aryl methyl sites for hydroxylation is 1. The lowest BCUT2D eigenvalue weighted by atomic mass is 9.77. The van der Waals surface area contributed by atoms with E-state index in [-0.39, 0.29) is 16.8 Å². The monoisotopic (exact) mass is 207 g/mol. The van der Waals surface area contributed by atoms with Crippen LogP contribution in [0, 0.1) is 12.7 Å². The van der Waals surface area contributed by atoms with Crippen molar-refractivity contribution in [2.75, 3.05) is 0 Å². The zero-order chi connectivity index (χ0) is 11.3. The van der Waals surface area contributed by atoms with Gasteiger partial charge in [-0.15, -0.1) is 0 Å². The topological polar surface area (TPSA) is 26.0 Å². The summed E-state index contributed by atoms with van der Waals surface area (Å²) >= 11 is 0. The first-order valence-electron chi connectivity index (χ1n) is 5.42. The zero-order valence-electron chi connectivity index (χ0n) is 9.60. The average Bonchev–Trinajstić information content (AvgIpc) is 2.83. The largest absolute Gasteiger partial charge is 0.325 e. The molecule has 82 valence electrons. The highest BCUT2D eigenvalue weighted by Gasteiger charge is 2.54. The second-order valence-corrected chi connectivity index (χ2v) is 5.26. The molecule has 0 aromatic heterocycles. The molecule has 0 unspecified atom stereocenters. The predicted molar refractivity (Wildman–Crippen MR) is 60.3 cm³/mol. The van der Waals surface area contributed by atoms with Gasteiger partial charge in [0.05, 0.1) is 0 Å². The molecule has 1 nitrogen and oxygen atoms in total. The van der Waals surface area contributed by atoms with Crippen molar-refractivity contribution in [3.8, 4) is 0 Å². The molecule has 0 amide bonds. The molecule has 2 N–H and O–H groups in total. The van der Waals surface area contributed by atoms with E-state index in [0.717, 1.165) is 18.4 Å². The number of benzene rings is 1. The first kappa shape index (κ1) is 10.6. The van der Waals surface area contributed by atoms with Crippen molar-refractivity contribution < 1.29 is 4.39 Å². The van der Waals surface area contributed by atoms with Gasteiger partial charge in [0.2, 0.25) is 0 Å². The zero-order valence-corrected chi connectivity index (χ0v) is 9.60. The molecular weight excluding hydrogens is 189 g/mol. The molecule has 2 heteroatoms. The van der Waals surface area contributed by atoms with Crippen LogP contribution in [0.1, 0.15) is 37.8 Å². The van der Waals surface area contributed by atoms with Gasteiger partial charge in [-0.3, -0.25) is 0 Å². The fraction of sp³-hybridized carbons (Fsp3) is 0.538. The Morgan fingerprint density at radius 3 is 2.33 bits per heavy atom. The van der Waals surface area contributed by atoms with E-state index in [4.69, 9.17) is 5.73 Å². The first-order valence-corrected chi connectivity index (χ1v) is 5.42. The van der Waals surface area contributed by atoms with Gasteiger partial charge in [0, 0.05) is 11.0 Å². The van der Waals surface area contributed by atoms with Crippen LogP contribution >= 0.6 is 0 Å². The summed E-state index contributed by atoms with van der Waals surface area (Å²) < 4.78 is 13.0. The Balaban J connectivity index is 2.47. The van der Waals surface area contributed by atoms with Crippen LogP contribution in [0.2, 0.25) is 0 Å². The van der Waals surface area contributed by atoms with Gasteiger partial charge in [0.1, 0.15) is 5.82 Å². The van der Waals surface area contributed by atoms with Gasteiger partial charge < -0.3 is 5.73 Å². The average molecular weight is 207 g/mol. The number of hydrogen-bond acceptors (Lipinski definition) is 1. The molecule has 0 atom stereocenters. The summed E-state index contributed by atoms with van der Waals surface area (Å²) in [6, 6.07) is 5.03. The van der Waals surface area contributed by atoms with Crippen LogP contribution in [0.25, 0.3) is 0 Å². The molecule has 0 aliphatic heterocycles. The third-order valence-corrected chi connectivity index (χ3v) is 3.69. The van der Waals surface area contributed by atoms with Gasteiger partial charge in [-0.05, 0) is 56.9 Å². The van der Waals surface area contributed by atoms with Gasteiger partial charge >= 0.3 is 0 Å². The van der Waals surface area contributed by atoms with Crippen molar-refractivity contribution in [1.29, 1.82) is 0 Å². The Kier molecular flexibility index (Phi) is 2.16. The number of halogens is 1. The number of rotatable bonds is 2. The summed E-state index contributed by atoms with van der Waals surface area (Å²) in [6.07, 6.45) is 2.23. The van der Waals surface area contributed by atoms with E-state index in [1.807, 2.05) is 13.0 Å². The maximum Gasteiger partial charge on any atom is 0.123 e. The molecule has 2 rings (SSSR count). The second kappa shape index (κ2) is 3.05. The summed E-state index contributed by atoms with van der Waals surface area (Å²) in [6.45, 7) is 6.08. The van der Waals surface area contributed by atoms with Gasteiger partial charge in [0.15, 0.2) is 0 Å². The molecule has 0 spiro atoms. The summed E-state index contributed by atoms with van der Waals surface area (Å²) in [4.78, 5) is 0.